The molecule has 0 aliphatic rings. The van der Waals surface area contributed by atoms with Crippen LogP contribution in [0.5, 0.6) is 0 Å². The number of ketones is 1. The summed E-state index contributed by atoms with van der Waals surface area (Å²) >= 11 is 1.48. The summed E-state index contributed by atoms with van der Waals surface area (Å²) in [5.41, 5.74) is 6.78. The predicted octanol–water partition coefficient (Wildman–Crippen LogP) is 5.49. The SMILES string of the molecule is CC(=O)c1ccc(-c2cccc3[nH]c(-c4n[nH]c5ccc(-c6ccncc6)nc45)nc23)s1. The minimum Gasteiger partial charge on any atom is -0.336 e. The molecule has 7 nitrogen and oxygen atoms in total. The van der Waals surface area contributed by atoms with Crippen LogP contribution >= 0.6 is 11.3 Å². The van der Waals surface area contributed by atoms with Crippen molar-refractivity contribution in [1.29, 1.82) is 0 Å². The van der Waals surface area contributed by atoms with E-state index in [9.17, 15) is 4.79 Å². The minimum atomic E-state index is 0.0650. The Kier molecular flexibility index (Phi) is 4.19. The van der Waals surface area contributed by atoms with Gasteiger partial charge in [-0.05, 0) is 49.4 Å². The Balaban J connectivity index is 1.49. The Morgan fingerprint density at radius 2 is 1.78 bits per heavy atom. The van der Waals surface area contributed by atoms with Crippen molar-refractivity contribution in [3.05, 3.63) is 71.9 Å². The van der Waals surface area contributed by atoms with Crippen LogP contribution in [-0.4, -0.2) is 35.9 Å². The number of hydrogen-bond acceptors (Lipinski definition) is 6. The lowest BCUT2D eigenvalue weighted by atomic mass is 10.1. The molecule has 32 heavy (non-hydrogen) atoms. The topological polar surface area (TPSA) is 100 Å². The Morgan fingerprint density at radius 3 is 2.59 bits per heavy atom. The van der Waals surface area contributed by atoms with E-state index in [4.69, 9.17) is 9.97 Å². The number of pyridine rings is 2. The molecule has 0 amide bonds. The van der Waals surface area contributed by atoms with E-state index in [-0.39, 0.29) is 5.78 Å². The molecule has 0 fully saturated rings. The molecule has 6 aromatic rings. The first-order valence-electron chi connectivity index (χ1n) is 10.0. The van der Waals surface area contributed by atoms with Crippen molar-refractivity contribution in [2.75, 3.05) is 0 Å². The summed E-state index contributed by atoms with van der Waals surface area (Å²) in [7, 11) is 0. The van der Waals surface area contributed by atoms with E-state index in [1.165, 1.54) is 11.3 Å². The molecule has 0 unspecified atom stereocenters. The van der Waals surface area contributed by atoms with E-state index in [0.29, 0.717) is 11.5 Å². The Bertz CT molecular complexity index is 1610. The lowest BCUT2D eigenvalue weighted by Gasteiger charge is -2.00. The van der Waals surface area contributed by atoms with E-state index < -0.39 is 0 Å². The Hall–Kier alpha value is -4.17. The number of carbonyl (C=O) groups is 1. The molecule has 2 N–H and O–H groups in total. The van der Waals surface area contributed by atoms with Gasteiger partial charge < -0.3 is 4.98 Å². The molecule has 0 atom stereocenters. The number of nitrogens with one attached hydrogen (secondary N) is 2. The first kappa shape index (κ1) is 18.6. The molecule has 0 aliphatic carbocycles. The number of fused-ring (bicyclic) bond motifs is 2. The maximum absolute atomic E-state index is 11.7. The van der Waals surface area contributed by atoms with Crippen LogP contribution in [0.3, 0.4) is 0 Å². The van der Waals surface area contributed by atoms with E-state index >= 15 is 0 Å². The van der Waals surface area contributed by atoms with Crippen LogP contribution in [0.4, 0.5) is 0 Å². The highest BCUT2D eigenvalue weighted by molar-refractivity contribution is 7.17. The zero-order valence-electron chi connectivity index (χ0n) is 17.0. The summed E-state index contributed by atoms with van der Waals surface area (Å²) in [6.07, 6.45) is 3.50. The van der Waals surface area contributed by atoms with Crippen LogP contribution in [0.15, 0.2) is 67.0 Å². The molecule has 0 saturated carbocycles. The second-order valence-corrected chi connectivity index (χ2v) is 8.49. The largest absolute Gasteiger partial charge is 0.336 e. The monoisotopic (exact) mass is 436 g/mol. The molecule has 0 spiro atoms. The number of nitrogens with zero attached hydrogens (tertiary/aromatic N) is 4. The highest BCUT2D eigenvalue weighted by Gasteiger charge is 2.17. The molecule has 0 bridgehead atoms. The van der Waals surface area contributed by atoms with Gasteiger partial charge in [-0.2, -0.15) is 5.10 Å². The highest BCUT2D eigenvalue weighted by Crippen LogP contribution is 2.35. The second kappa shape index (κ2) is 7.21. The summed E-state index contributed by atoms with van der Waals surface area (Å²) in [5, 5.41) is 7.54. The van der Waals surface area contributed by atoms with Crippen molar-refractivity contribution in [3.63, 3.8) is 0 Å². The van der Waals surface area contributed by atoms with Crippen molar-refractivity contribution < 1.29 is 4.79 Å². The van der Waals surface area contributed by atoms with Crippen LogP contribution in [0.1, 0.15) is 16.6 Å². The molecule has 5 heterocycles. The molecule has 6 rings (SSSR count). The second-order valence-electron chi connectivity index (χ2n) is 7.41. The maximum atomic E-state index is 11.7. The third kappa shape index (κ3) is 3.00. The van der Waals surface area contributed by atoms with E-state index in [1.807, 2.05) is 54.6 Å². The van der Waals surface area contributed by atoms with Gasteiger partial charge in [0.25, 0.3) is 0 Å². The van der Waals surface area contributed by atoms with Crippen LogP contribution < -0.4 is 0 Å². The van der Waals surface area contributed by atoms with Gasteiger partial charge in [-0.15, -0.1) is 11.3 Å². The smallest absolute Gasteiger partial charge is 0.169 e. The Morgan fingerprint density at radius 1 is 0.906 bits per heavy atom. The van der Waals surface area contributed by atoms with Gasteiger partial charge in [0.05, 0.1) is 27.1 Å². The van der Waals surface area contributed by atoms with E-state index in [0.717, 1.165) is 48.6 Å². The summed E-state index contributed by atoms with van der Waals surface area (Å²) in [6.45, 7) is 1.58. The maximum Gasteiger partial charge on any atom is 0.169 e. The van der Waals surface area contributed by atoms with Crippen molar-refractivity contribution in [2.45, 2.75) is 6.92 Å². The number of aromatic nitrogens is 6. The van der Waals surface area contributed by atoms with Gasteiger partial charge >= 0.3 is 0 Å². The van der Waals surface area contributed by atoms with Gasteiger partial charge in [-0.25, -0.2) is 9.97 Å². The third-order valence-corrected chi connectivity index (χ3v) is 6.56. The lowest BCUT2D eigenvalue weighted by Crippen LogP contribution is -1.87. The number of imidazole rings is 1. The number of thiophene rings is 1. The summed E-state index contributed by atoms with van der Waals surface area (Å²) in [4.78, 5) is 30.6. The zero-order valence-corrected chi connectivity index (χ0v) is 17.8. The van der Waals surface area contributed by atoms with Gasteiger partial charge in [-0.3, -0.25) is 14.9 Å². The van der Waals surface area contributed by atoms with Crippen molar-refractivity contribution in [3.8, 4) is 33.2 Å². The normalized spacial score (nSPS) is 11.4. The number of rotatable bonds is 4. The summed E-state index contributed by atoms with van der Waals surface area (Å²) in [5.74, 6) is 0.705. The fraction of sp³-hybridized carbons (Fsp3) is 0.0417. The molecular formula is C24H16N6OS. The molecule has 8 heteroatoms. The van der Waals surface area contributed by atoms with Crippen LogP contribution in [0.2, 0.25) is 0 Å². The molecule has 5 aromatic heterocycles. The molecule has 0 radical (unpaired) electrons. The van der Waals surface area contributed by atoms with Gasteiger partial charge in [0.1, 0.15) is 5.52 Å². The summed E-state index contributed by atoms with van der Waals surface area (Å²) < 4.78 is 0. The average molecular weight is 437 g/mol. The van der Waals surface area contributed by atoms with Crippen molar-refractivity contribution in [2.24, 2.45) is 0 Å². The molecule has 1 aromatic carbocycles. The number of H-pyrrole nitrogens is 2. The Labute approximate surface area is 186 Å². The molecular weight excluding hydrogens is 420 g/mol. The third-order valence-electron chi connectivity index (χ3n) is 5.34. The van der Waals surface area contributed by atoms with E-state index in [2.05, 4.69) is 20.2 Å². The van der Waals surface area contributed by atoms with Gasteiger partial charge in [0.2, 0.25) is 0 Å². The van der Waals surface area contributed by atoms with Gasteiger partial charge in [0.15, 0.2) is 17.3 Å². The number of hydrogen-bond donors (Lipinski definition) is 2. The predicted molar refractivity (Wildman–Crippen MR) is 126 cm³/mol. The summed E-state index contributed by atoms with van der Waals surface area (Å²) in [6, 6.07) is 17.6. The zero-order chi connectivity index (χ0) is 21.7. The van der Waals surface area contributed by atoms with Gasteiger partial charge in [0, 0.05) is 28.4 Å². The fourth-order valence-electron chi connectivity index (χ4n) is 3.76. The number of benzene rings is 1. The first-order chi connectivity index (χ1) is 15.7. The molecule has 0 saturated heterocycles. The van der Waals surface area contributed by atoms with Crippen LogP contribution in [0.25, 0.3) is 55.3 Å². The molecule has 0 aliphatic heterocycles. The number of para-hydroxylation sites is 1. The quantitative estimate of drug-likeness (QED) is 0.356. The van der Waals surface area contributed by atoms with Crippen LogP contribution in [-0.2, 0) is 0 Å². The number of Topliss-reactive ketones (excluding diaryl/α,β-unsaturated/α-hetero) is 1. The first-order valence-corrected chi connectivity index (χ1v) is 10.8. The fourth-order valence-corrected chi connectivity index (χ4v) is 4.69. The highest BCUT2D eigenvalue weighted by atomic mass is 32.1. The van der Waals surface area contributed by atoms with Gasteiger partial charge in [-0.1, -0.05) is 12.1 Å². The average Bonchev–Trinajstić information content (AvgIpc) is 3.56. The van der Waals surface area contributed by atoms with Crippen LogP contribution in [0, 0.1) is 0 Å². The number of carbonyl (C=O) groups excluding carboxylic acids is 1. The molecule has 154 valence electrons. The van der Waals surface area contributed by atoms with E-state index in [1.54, 1.807) is 19.3 Å². The number of aromatic amines is 2. The lowest BCUT2D eigenvalue weighted by molar-refractivity contribution is 0.102. The standard InChI is InChI=1S/C24H16N6OS/c1-13(31)19-7-8-20(32-19)15-3-2-4-17-21(15)28-24(27-17)23-22-18(29-30-23)6-5-16(26-22)14-9-11-25-12-10-14/h2-12H,1H3,(H,27,28)(H,29,30). The van der Waals surface area contributed by atoms with Crippen molar-refractivity contribution >= 4 is 39.2 Å². The van der Waals surface area contributed by atoms with Crippen molar-refractivity contribution in [1.82, 2.24) is 30.1 Å². The minimum absolute atomic E-state index is 0.0650.